The summed E-state index contributed by atoms with van der Waals surface area (Å²) in [5.41, 5.74) is 0. The first kappa shape index (κ1) is 14.5. The Morgan fingerprint density at radius 2 is 1.67 bits per heavy atom. The van der Waals surface area contributed by atoms with Gasteiger partial charge in [0.25, 0.3) is 0 Å². The first-order chi connectivity index (χ1) is 5.41. The molecule has 1 nitrogen and oxygen atoms in total. The first-order valence-corrected chi connectivity index (χ1v) is 4.67. The molecule has 0 atom stereocenters. The number of nitrogens with one attached hydrogen (secondary N) is 1. The highest BCUT2D eigenvalue weighted by Gasteiger charge is 1.87. The predicted molar refractivity (Wildman–Crippen MR) is 59.1 cm³/mol. The van der Waals surface area contributed by atoms with E-state index in [1.165, 1.54) is 45.1 Å². The van der Waals surface area contributed by atoms with E-state index in [9.17, 15) is 0 Å². The molecule has 0 aliphatic carbocycles. The number of unbranched alkanes of at least 4 members (excludes halogenated alkanes) is 5. The zero-order chi connectivity index (χ0) is 8.36. The van der Waals surface area contributed by atoms with E-state index in [0.717, 1.165) is 0 Å². The number of hydrogen-bond acceptors (Lipinski definition) is 1. The van der Waals surface area contributed by atoms with E-state index < -0.39 is 0 Å². The molecule has 0 radical (unpaired) electrons. The van der Waals surface area contributed by atoms with Gasteiger partial charge < -0.3 is 5.32 Å². The molecule has 0 spiro atoms. The molecule has 1 N–H and O–H groups in total. The third-order valence-corrected chi connectivity index (χ3v) is 1.84. The van der Waals surface area contributed by atoms with Crippen molar-refractivity contribution in [3.05, 3.63) is 12.7 Å². The predicted octanol–water partition coefficient (Wildman–Crippen LogP) is 3.15. The minimum absolute atomic E-state index is 0. The molecule has 0 aromatic rings. The van der Waals surface area contributed by atoms with Gasteiger partial charge in [-0.1, -0.05) is 25.3 Å². The smallest absolute Gasteiger partial charge is 0.00519 e. The fourth-order valence-corrected chi connectivity index (χ4v) is 1.12. The average Bonchev–Trinajstić information content (AvgIpc) is 2.03. The summed E-state index contributed by atoms with van der Waals surface area (Å²) in [7, 11) is 2.01. The molecule has 0 saturated heterocycles. The standard InChI is InChI=1S/C10H21N.ClH/c1-3-4-5-6-7-8-9-10-11-2;/h3,11H,1,4-10H2,2H3;1H. The second kappa shape index (κ2) is 13.6. The van der Waals surface area contributed by atoms with Crippen LogP contribution < -0.4 is 5.32 Å². The summed E-state index contributed by atoms with van der Waals surface area (Å²) in [5.74, 6) is 0. The van der Waals surface area contributed by atoms with Crippen LogP contribution in [0.2, 0.25) is 0 Å². The van der Waals surface area contributed by atoms with E-state index in [1.54, 1.807) is 0 Å². The number of allylic oxidation sites excluding steroid dienone is 1. The minimum Gasteiger partial charge on any atom is -0.320 e. The van der Waals surface area contributed by atoms with Crippen molar-refractivity contribution in [1.82, 2.24) is 5.32 Å². The Morgan fingerprint density at radius 1 is 1.08 bits per heavy atom. The van der Waals surface area contributed by atoms with E-state index in [4.69, 9.17) is 0 Å². The summed E-state index contributed by atoms with van der Waals surface area (Å²) in [6.07, 6.45) is 9.97. The maximum atomic E-state index is 3.70. The van der Waals surface area contributed by atoms with Crippen molar-refractivity contribution < 1.29 is 0 Å². The van der Waals surface area contributed by atoms with Crippen molar-refractivity contribution >= 4 is 12.4 Å². The summed E-state index contributed by atoms with van der Waals surface area (Å²) in [6.45, 7) is 4.87. The molecule has 0 fully saturated rings. The normalized spacial score (nSPS) is 9.08. The molecule has 12 heavy (non-hydrogen) atoms. The lowest BCUT2D eigenvalue weighted by atomic mass is 10.1. The topological polar surface area (TPSA) is 12.0 Å². The van der Waals surface area contributed by atoms with Crippen molar-refractivity contribution in [3.63, 3.8) is 0 Å². The number of halogens is 1. The Balaban J connectivity index is 0. The fourth-order valence-electron chi connectivity index (χ4n) is 1.12. The van der Waals surface area contributed by atoms with Crippen LogP contribution in [0.4, 0.5) is 0 Å². The number of rotatable bonds is 8. The van der Waals surface area contributed by atoms with Crippen LogP contribution in [0.15, 0.2) is 12.7 Å². The van der Waals surface area contributed by atoms with E-state index in [2.05, 4.69) is 11.9 Å². The summed E-state index contributed by atoms with van der Waals surface area (Å²) >= 11 is 0. The van der Waals surface area contributed by atoms with Crippen LogP contribution in [-0.2, 0) is 0 Å². The molecule has 0 aromatic carbocycles. The van der Waals surface area contributed by atoms with Gasteiger partial charge in [0, 0.05) is 0 Å². The lowest BCUT2D eigenvalue weighted by molar-refractivity contribution is 0.600. The molecule has 0 aromatic heterocycles. The Morgan fingerprint density at radius 3 is 2.25 bits per heavy atom. The van der Waals surface area contributed by atoms with Crippen LogP contribution in [0.5, 0.6) is 0 Å². The maximum Gasteiger partial charge on any atom is -0.00519 e. The van der Waals surface area contributed by atoms with Gasteiger partial charge in [0.15, 0.2) is 0 Å². The van der Waals surface area contributed by atoms with Crippen molar-refractivity contribution in [2.75, 3.05) is 13.6 Å². The average molecular weight is 192 g/mol. The van der Waals surface area contributed by atoms with Crippen molar-refractivity contribution in [3.8, 4) is 0 Å². The molecule has 2 heteroatoms. The van der Waals surface area contributed by atoms with Gasteiger partial charge in [0.2, 0.25) is 0 Å². The fraction of sp³-hybridized carbons (Fsp3) is 0.800. The van der Waals surface area contributed by atoms with Crippen molar-refractivity contribution in [2.24, 2.45) is 0 Å². The number of hydrogen-bond donors (Lipinski definition) is 1. The molecular weight excluding hydrogens is 170 g/mol. The zero-order valence-electron chi connectivity index (χ0n) is 8.14. The molecule has 74 valence electrons. The first-order valence-electron chi connectivity index (χ1n) is 4.67. The Bertz CT molecular complexity index is 83.9. The molecule has 0 heterocycles. The van der Waals surface area contributed by atoms with Crippen LogP contribution in [0.3, 0.4) is 0 Å². The quantitative estimate of drug-likeness (QED) is 0.459. The van der Waals surface area contributed by atoms with Crippen LogP contribution >= 0.6 is 12.4 Å². The van der Waals surface area contributed by atoms with Crippen LogP contribution in [0.25, 0.3) is 0 Å². The Labute approximate surface area is 83.0 Å². The molecule has 0 unspecified atom stereocenters. The lowest BCUT2D eigenvalue weighted by Crippen LogP contribution is -2.06. The lowest BCUT2D eigenvalue weighted by Gasteiger charge is -1.99. The van der Waals surface area contributed by atoms with E-state index in [0.29, 0.717) is 0 Å². The molecule has 0 aliphatic rings. The summed E-state index contributed by atoms with van der Waals surface area (Å²) in [4.78, 5) is 0. The molecule has 0 bridgehead atoms. The highest BCUT2D eigenvalue weighted by molar-refractivity contribution is 5.85. The minimum atomic E-state index is 0. The van der Waals surface area contributed by atoms with Gasteiger partial charge >= 0.3 is 0 Å². The highest BCUT2D eigenvalue weighted by atomic mass is 35.5. The summed E-state index contributed by atoms with van der Waals surface area (Å²) in [5, 5.41) is 3.15. The van der Waals surface area contributed by atoms with Gasteiger partial charge in [0.1, 0.15) is 0 Å². The van der Waals surface area contributed by atoms with Gasteiger partial charge in [-0.25, -0.2) is 0 Å². The summed E-state index contributed by atoms with van der Waals surface area (Å²) < 4.78 is 0. The molecule has 0 amide bonds. The summed E-state index contributed by atoms with van der Waals surface area (Å²) in [6, 6.07) is 0. The Kier molecular flexibility index (Phi) is 16.4. The second-order valence-corrected chi connectivity index (χ2v) is 2.95. The third-order valence-electron chi connectivity index (χ3n) is 1.84. The van der Waals surface area contributed by atoms with Crippen LogP contribution in [0, 0.1) is 0 Å². The van der Waals surface area contributed by atoms with E-state index >= 15 is 0 Å². The van der Waals surface area contributed by atoms with Gasteiger partial charge in [-0.2, -0.15) is 0 Å². The molecule has 0 rings (SSSR count). The Hall–Kier alpha value is -0.0100. The monoisotopic (exact) mass is 191 g/mol. The van der Waals surface area contributed by atoms with Crippen LogP contribution in [-0.4, -0.2) is 13.6 Å². The molecule has 0 saturated carbocycles. The van der Waals surface area contributed by atoms with E-state index in [-0.39, 0.29) is 12.4 Å². The molecule has 0 aliphatic heterocycles. The molecular formula is C10H22ClN. The van der Waals surface area contributed by atoms with Gasteiger partial charge in [-0.3, -0.25) is 0 Å². The van der Waals surface area contributed by atoms with Crippen LogP contribution in [0.1, 0.15) is 38.5 Å². The van der Waals surface area contributed by atoms with Gasteiger partial charge in [-0.05, 0) is 32.9 Å². The maximum absolute atomic E-state index is 3.70. The van der Waals surface area contributed by atoms with Crippen molar-refractivity contribution in [1.29, 1.82) is 0 Å². The largest absolute Gasteiger partial charge is 0.320 e. The zero-order valence-corrected chi connectivity index (χ0v) is 8.96. The van der Waals surface area contributed by atoms with Gasteiger partial charge in [-0.15, -0.1) is 19.0 Å². The second-order valence-electron chi connectivity index (χ2n) is 2.95. The van der Waals surface area contributed by atoms with Crippen molar-refractivity contribution in [2.45, 2.75) is 38.5 Å². The van der Waals surface area contributed by atoms with Gasteiger partial charge in [0.05, 0.1) is 0 Å². The SMILES string of the molecule is C=CCCCCCCCNC.Cl. The highest BCUT2D eigenvalue weighted by Crippen LogP contribution is 2.04. The third kappa shape index (κ3) is 12.6. The van der Waals surface area contributed by atoms with E-state index in [1.807, 2.05) is 13.1 Å².